The lowest BCUT2D eigenvalue weighted by molar-refractivity contribution is 0.900. The van der Waals surface area contributed by atoms with Gasteiger partial charge in [0.05, 0.1) is 0 Å². The van der Waals surface area contributed by atoms with Crippen molar-refractivity contribution in [1.82, 2.24) is 0 Å². The van der Waals surface area contributed by atoms with E-state index in [-0.39, 0.29) is 0 Å². The Labute approximate surface area is 93.7 Å². The molecular weight excluding hydrogens is 180 g/mol. The predicted molar refractivity (Wildman–Crippen MR) is 66.1 cm³/mol. The molecule has 0 unspecified atom stereocenters. The van der Waals surface area contributed by atoms with E-state index >= 15 is 0 Å². The van der Waals surface area contributed by atoms with Crippen LogP contribution in [0.4, 0.5) is 0 Å². The van der Waals surface area contributed by atoms with Gasteiger partial charge in [0.25, 0.3) is 0 Å². The first-order valence-corrected chi connectivity index (χ1v) is 6.15. The van der Waals surface area contributed by atoms with E-state index in [1.165, 1.54) is 42.7 Å². The van der Waals surface area contributed by atoms with Gasteiger partial charge in [-0.3, -0.25) is 0 Å². The molecule has 1 aliphatic rings. The largest absolute Gasteiger partial charge is 0.0651 e. The van der Waals surface area contributed by atoms with Crippen LogP contribution in [0.3, 0.4) is 0 Å². The molecule has 1 aromatic carbocycles. The van der Waals surface area contributed by atoms with Gasteiger partial charge < -0.3 is 0 Å². The Hall–Kier alpha value is -0.780. The van der Waals surface area contributed by atoms with Crippen LogP contribution in [0.15, 0.2) is 18.2 Å². The summed E-state index contributed by atoms with van der Waals surface area (Å²) >= 11 is 0. The maximum atomic E-state index is 2.43. The van der Waals surface area contributed by atoms with Crippen LogP contribution in [0.2, 0.25) is 0 Å². The average molecular weight is 201 g/mol. The van der Waals surface area contributed by atoms with Gasteiger partial charge in [-0.05, 0) is 47.8 Å². The standard InChI is InChI=1S/C15H21/c1-4-5-13-8-9-14(12-6-7-12)10-15(13)11(2)3/h8-10,12H,4-7H2,1-3H3. The molecule has 0 heteroatoms. The maximum Gasteiger partial charge on any atom is -0.000912 e. The van der Waals surface area contributed by atoms with Crippen molar-refractivity contribution in [3.63, 3.8) is 0 Å². The Morgan fingerprint density at radius 1 is 1.27 bits per heavy atom. The van der Waals surface area contributed by atoms with Crippen molar-refractivity contribution < 1.29 is 0 Å². The van der Waals surface area contributed by atoms with Crippen molar-refractivity contribution in [2.24, 2.45) is 0 Å². The van der Waals surface area contributed by atoms with E-state index in [0.717, 1.165) is 5.92 Å². The quantitative estimate of drug-likeness (QED) is 0.674. The summed E-state index contributed by atoms with van der Waals surface area (Å²) in [5, 5.41) is 0. The molecule has 0 N–H and O–H groups in total. The molecule has 0 saturated heterocycles. The van der Waals surface area contributed by atoms with Gasteiger partial charge in [0, 0.05) is 0 Å². The normalized spacial score (nSPS) is 16.0. The maximum absolute atomic E-state index is 2.43. The number of aryl methyl sites for hydroxylation is 1. The summed E-state index contributed by atoms with van der Waals surface area (Å²) < 4.78 is 0. The van der Waals surface area contributed by atoms with E-state index in [4.69, 9.17) is 0 Å². The zero-order valence-electron chi connectivity index (χ0n) is 10.1. The van der Waals surface area contributed by atoms with E-state index in [0.29, 0.717) is 0 Å². The SMILES string of the molecule is CCCc1ccc(C2CC2)cc1[C](C)C. The lowest BCUT2D eigenvalue weighted by atomic mass is 9.92. The molecule has 1 fully saturated rings. The summed E-state index contributed by atoms with van der Waals surface area (Å²) in [6, 6.07) is 7.12. The number of hydrogen-bond acceptors (Lipinski definition) is 0. The molecular formula is C15H21. The first kappa shape index (κ1) is 10.7. The summed E-state index contributed by atoms with van der Waals surface area (Å²) in [6.45, 7) is 6.71. The number of hydrogen-bond donors (Lipinski definition) is 0. The third kappa shape index (κ3) is 2.42. The highest BCUT2D eigenvalue weighted by molar-refractivity contribution is 5.42. The Morgan fingerprint density at radius 2 is 2.00 bits per heavy atom. The zero-order chi connectivity index (χ0) is 10.8. The minimum atomic E-state index is 0.874. The van der Waals surface area contributed by atoms with Crippen LogP contribution in [-0.4, -0.2) is 0 Å². The molecule has 1 aromatic rings. The van der Waals surface area contributed by atoms with E-state index < -0.39 is 0 Å². The van der Waals surface area contributed by atoms with Crippen LogP contribution in [0.1, 0.15) is 62.6 Å². The van der Waals surface area contributed by atoms with E-state index in [1.807, 2.05) is 0 Å². The summed E-state index contributed by atoms with van der Waals surface area (Å²) in [4.78, 5) is 0. The van der Waals surface area contributed by atoms with E-state index in [9.17, 15) is 0 Å². The average Bonchev–Trinajstić information content (AvgIpc) is 3.02. The monoisotopic (exact) mass is 201 g/mol. The van der Waals surface area contributed by atoms with Gasteiger partial charge in [-0.2, -0.15) is 0 Å². The molecule has 0 amide bonds. The Kier molecular flexibility index (Phi) is 3.14. The highest BCUT2D eigenvalue weighted by atomic mass is 14.3. The van der Waals surface area contributed by atoms with Gasteiger partial charge in [0.1, 0.15) is 0 Å². The van der Waals surface area contributed by atoms with Crippen LogP contribution in [0, 0.1) is 5.92 Å². The number of benzene rings is 1. The van der Waals surface area contributed by atoms with Gasteiger partial charge in [-0.25, -0.2) is 0 Å². The summed E-state index contributed by atoms with van der Waals surface area (Å²) in [5.74, 6) is 2.33. The smallest absolute Gasteiger partial charge is 0.000912 e. The predicted octanol–water partition coefficient (Wildman–Crippen LogP) is 4.48. The van der Waals surface area contributed by atoms with Crippen molar-refractivity contribution in [2.75, 3.05) is 0 Å². The van der Waals surface area contributed by atoms with Gasteiger partial charge in [0.15, 0.2) is 0 Å². The highest BCUT2D eigenvalue weighted by Crippen LogP contribution is 2.41. The fourth-order valence-corrected chi connectivity index (χ4v) is 2.22. The van der Waals surface area contributed by atoms with Crippen LogP contribution in [0.5, 0.6) is 0 Å². The summed E-state index contributed by atoms with van der Waals surface area (Å²) in [6.07, 6.45) is 5.25. The molecule has 0 atom stereocenters. The molecule has 2 rings (SSSR count). The van der Waals surface area contributed by atoms with E-state index in [1.54, 1.807) is 5.56 Å². The molecule has 0 nitrogen and oxygen atoms in total. The van der Waals surface area contributed by atoms with E-state index in [2.05, 4.69) is 39.0 Å². The minimum absolute atomic E-state index is 0.874. The zero-order valence-corrected chi connectivity index (χ0v) is 10.1. The Bertz CT molecular complexity index is 332. The third-order valence-corrected chi connectivity index (χ3v) is 3.24. The van der Waals surface area contributed by atoms with Crippen molar-refractivity contribution in [1.29, 1.82) is 0 Å². The highest BCUT2D eigenvalue weighted by Gasteiger charge is 2.24. The molecule has 0 aliphatic heterocycles. The molecule has 0 heterocycles. The van der Waals surface area contributed by atoms with Crippen molar-refractivity contribution in [3.8, 4) is 0 Å². The van der Waals surface area contributed by atoms with Gasteiger partial charge in [-0.15, -0.1) is 0 Å². The first-order chi connectivity index (χ1) is 7.22. The molecule has 1 radical (unpaired) electrons. The molecule has 1 saturated carbocycles. The van der Waals surface area contributed by atoms with Crippen LogP contribution in [0.25, 0.3) is 0 Å². The van der Waals surface area contributed by atoms with Gasteiger partial charge in [-0.1, -0.05) is 45.4 Å². The first-order valence-electron chi connectivity index (χ1n) is 6.15. The molecule has 1 aliphatic carbocycles. The molecule has 0 aromatic heterocycles. The minimum Gasteiger partial charge on any atom is -0.0651 e. The third-order valence-electron chi connectivity index (χ3n) is 3.24. The van der Waals surface area contributed by atoms with Crippen molar-refractivity contribution in [3.05, 3.63) is 40.8 Å². The van der Waals surface area contributed by atoms with Crippen LogP contribution >= 0.6 is 0 Å². The lowest BCUT2D eigenvalue weighted by Crippen LogP contribution is -1.98. The lowest BCUT2D eigenvalue weighted by Gasteiger charge is -2.13. The molecule has 0 spiro atoms. The van der Waals surface area contributed by atoms with Crippen molar-refractivity contribution >= 4 is 0 Å². The fraction of sp³-hybridized carbons (Fsp3) is 0.533. The topological polar surface area (TPSA) is 0 Å². The van der Waals surface area contributed by atoms with Crippen LogP contribution < -0.4 is 0 Å². The fourth-order valence-electron chi connectivity index (χ4n) is 2.22. The second-order valence-corrected chi connectivity index (χ2v) is 4.94. The van der Waals surface area contributed by atoms with Gasteiger partial charge >= 0.3 is 0 Å². The summed E-state index contributed by atoms with van der Waals surface area (Å²) in [5.41, 5.74) is 4.59. The molecule has 15 heavy (non-hydrogen) atoms. The Balaban J connectivity index is 2.30. The van der Waals surface area contributed by atoms with Crippen molar-refractivity contribution in [2.45, 2.75) is 52.4 Å². The van der Waals surface area contributed by atoms with Crippen LogP contribution in [-0.2, 0) is 6.42 Å². The summed E-state index contributed by atoms with van der Waals surface area (Å²) in [7, 11) is 0. The second-order valence-electron chi connectivity index (χ2n) is 4.94. The second kappa shape index (κ2) is 4.38. The molecule has 0 bridgehead atoms. The van der Waals surface area contributed by atoms with Gasteiger partial charge in [0.2, 0.25) is 0 Å². The molecule has 81 valence electrons. The Morgan fingerprint density at radius 3 is 2.53 bits per heavy atom. The number of rotatable bonds is 4.